The summed E-state index contributed by atoms with van der Waals surface area (Å²) in [6, 6.07) is -0.574. The Morgan fingerprint density at radius 3 is 2.27 bits per heavy atom. The second kappa shape index (κ2) is 8.06. The summed E-state index contributed by atoms with van der Waals surface area (Å²) in [4.78, 5) is 39.5. The van der Waals surface area contributed by atoms with Gasteiger partial charge in [-0.15, -0.1) is 0 Å². The number of rotatable bonds is 5. The molecule has 1 aromatic heterocycles. The van der Waals surface area contributed by atoms with Gasteiger partial charge in [0.25, 0.3) is 0 Å². The van der Waals surface area contributed by atoms with Crippen LogP contribution < -0.4 is 0 Å². The van der Waals surface area contributed by atoms with Gasteiger partial charge in [-0.3, -0.25) is 9.59 Å². The number of hydrogen-bond acceptors (Lipinski definition) is 4. The molecule has 0 aromatic carbocycles. The second-order valence-corrected chi connectivity index (χ2v) is 7.31. The van der Waals surface area contributed by atoms with Crippen molar-refractivity contribution in [1.82, 2.24) is 9.47 Å². The molecular weight excluding hydrogens is 332 g/mol. The monoisotopic (exact) mass is 362 g/mol. The van der Waals surface area contributed by atoms with Crippen molar-refractivity contribution in [2.24, 2.45) is 13.0 Å². The first kappa shape index (κ1) is 20.2. The zero-order valence-electron chi connectivity index (χ0n) is 16.7. The van der Waals surface area contributed by atoms with Crippen molar-refractivity contribution in [3.8, 4) is 0 Å². The smallest absolute Gasteiger partial charge is 0.354 e. The van der Waals surface area contributed by atoms with Crippen LogP contribution in [0.2, 0.25) is 0 Å². The van der Waals surface area contributed by atoms with Gasteiger partial charge in [0.1, 0.15) is 5.69 Å². The second-order valence-electron chi connectivity index (χ2n) is 7.31. The van der Waals surface area contributed by atoms with Crippen molar-refractivity contribution in [3.63, 3.8) is 0 Å². The lowest BCUT2D eigenvalue weighted by Gasteiger charge is -2.30. The van der Waals surface area contributed by atoms with E-state index in [2.05, 4.69) is 0 Å². The Balaban J connectivity index is 2.27. The summed E-state index contributed by atoms with van der Waals surface area (Å²) in [5.41, 5.74) is 2.19. The van der Waals surface area contributed by atoms with E-state index >= 15 is 0 Å². The zero-order valence-corrected chi connectivity index (χ0v) is 16.7. The van der Waals surface area contributed by atoms with Crippen LogP contribution in [0.3, 0.4) is 0 Å². The normalized spacial score (nSPS) is 16.2. The van der Waals surface area contributed by atoms with Gasteiger partial charge in [0, 0.05) is 31.3 Å². The minimum Gasteiger partial charge on any atom is -0.464 e. The lowest BCUT2D eigenvalue weighted by molar-refractivity contribution is -0.136. The summed E-state index contributed by atoms with van der Waals surface area (Å²) in [6.45, 7) is 5.32. The highest BCUT2D eigenvalue weighted by atomic mass is 16.5. The van der Waals surface area contributed by atoms with Crippen LogP contribution in [0.4, 0.5) is 0 Å². The van der Waals surface area contributed by atoms with Gasteiger partial charge < -0.3 is 14.2 Å². The molecule has 1 saturated carbocycles. The summed E-state index contributed by atoms with van der Waals surface area (Å²) in [5, 5.41) is 0. The van der Waals surface area contributed by atoms with Crippen LogP contribution in [0.25, 0.3) is 0 Å². The number of nitrogens with zero attached hydrogens (tertiary/aromatic N) is 2. The summed E-state index contributed by atoms with van der Waals surface area (Å²) in [5.74, 6) is -0.540. The molecule has 1 atom stereocenters. The van der Waals surface area contributed by atoms with Crippen LogP contribution in [-0.2, 0) is 16.6 Å². The molecule has 6 nitrogen and oxygen atoms in total. The maximum Gasteiger partial charge on any atom is 0.354 e. The molecule has 1 fully saturated rings. The number of ketones is 1. The van der Waals surface area contributed by atoms with E-state index in [4.69, 9.17) is 4.74 Å². The van der Waals surface area contributed by atoms with E-state index in [0.717, 1.165) is 25.7 Å². The van der Waals surface area contributed by atoms with Crippen LogP contribution in [0.5, 0.6) is 0 Å². The van der Waals surface area contributed by atoms with Crippen molar-refractivity contribution in [1.29, 1.82) is 0 Å². The molecule has 1 amide bonds. The van der Waals surface area contributed by atoms with Crippen LogP contribution in [0.15, 0.2) is 0 Å². The number of amides is 1. The first-order valence-electron chi connectivity index (χ1n) is 9.27. The quantitative estimate of drug-likeness (QED) is 0.596. The summed E-state index contributed by atoms with van der Waals surface area (Å²) >= 11 is 0. The molecule has 0 unspecified atom stereocenters. The Morgan fingerprint density at radius 2 is 1.73 bits per heavy atom. The van der Waals surface area contributed by atoms with Crippen LogP contribution in [0, 0.1) is 19.8 Å². The average molecular weight is 362 g/mol. The molecule has 0 N–H and O–H groups in total. The molecule has 6 heteroatoms. The molecule has 0 aliphatic heterocycles. The number of Topliss-reactive ketones (excluding diaryl/α,β-unsaturated/α-hetero) is 1. The van der Waals surface area contributed by atoms with Crippen LogP contribution >= 0.6 is 0 Å². The Hall–Kier alpha value is -2.11. The molecule has 0 bridgehead atoms. The standard InChI is InChI=1S/C20H30N2O4/c1-12-16(13(2)21(4)17(12)20(25)26-6)18(23)14(3)22(5)19(24)15-10-8-7-9-11-15/h14-15H,7-11H2,1-6H3/t14-/m0/s1. The summed E-state index contributed by atoms with van der Waals surface area (Å²) < 4.78 is 6.52. The molecule has 1 aromatic rings. The van der Waals surface area contributed by atoms with E-state index in [9.17, 15) is 14.4 Å². The van der Waals surface area contributed by atoms with Gasteiger partial charge in [-0.1, -0.05) is 19.3 Å². The number of likely N-dealkylation sites (N-methyl/N-ethyl adjacent to an activating group) is 1. The predicted molar refractivity (Wildman–Crippen MR) is 99.4 cm³/mol. The minimum absolute atomic E-state index is 0.0209. The van der Waals surface area contributed by atoms with E-state index in [1.165, 1.54) is 13.5 Å². The van der Waals surface area contributed by atoms with Gasteiger partial charge in [0.2, 0.25) is 5.91 Å². The maximum absolute atomic E-state index is 13.1. The highest BCUT2D eigenvalue weighted by Crippen LogP contribution is 2.28. The molecule has 1 aliphatic carbocycles. The first-order valence-corrected chi connectivity index (χ1v) is 9.27. The highest BCUT2D eigenvalue weighted by molar-refractivity contribution is 6.06. The molecule has 144 valence electrons. The summed E-state index contributed by atoms with van der Waals surface area (Å²) in [7, 11) is 4.77. The average Bonchev–Trinajstić information content (AvgIpc) is 2.88. The fraction of sp³-hybridized carbons (Fsp3) is 0.650. The summed E-state index contributed by atoms with van der Waals surface area (Å²) in [6.07, 6.45) is 5.14. The number of carbonyl (C=O) groups is 3. The van der Waals surface area contributed by atoms with E-state index in [1.54, 1.807) is 37.4 Å². The van der Waals surface area contributed by atoms with E-state index < -0.39 is 12.0 Å². The first-order chi connectivity index (χ1) is 12.2. The van der Waals surface area contributed by atoms with Crippen molar-refractivity contribution in [3.05, 3.63) is 22.5 Å². The Morgan fingerprint density at radius 1 is 1.15 bits per heavy atom. The predicted octanol–water partition coefficient (Wildman–Crippen LogP) is 3.04. The fourth-order valence-corrected chi connectivity index (χ4v) is 3.94. The topological polar surface area (TPSA) is 68.6 Å². The molecule has 2 rings (SSSR count). The Kier molecular flexibility index (Phi) is 6.26. The lowest BCUT2D eigenvalue weighted by Crippen LogP contribution is -2.44. The third kappa shape index (κ3) is 3.55. The molecule has 1 aliphatic rings. The number of carbonyl (C=O) groups excluding carboxylic acids is 3. The van der Waals surface area contributed by atoms with Gasteiger partial charge in [0.05, 0.1) is 13.2 Å². The number of ether oxygens (including phenoxy) is 1. The number of esters is 1. The number of aromatic nitrogens is 1. The van der Waals surface area contributed by atoms with Gasteiger partial charge >= 0.3 is 5.97 Å². The number of methoxy groups -OCH3 is 1. The third-order valence-corrected chi connectivity index (χ3v) is 5.82. The maximum atomic E-state index is 13.1. The van der Waals surface area contributed by atoms with Crippen LogP contribution in [0.1, 0.15) is 71.1 Å². The zero-order chi connectivity index (χ0) is 19.6. The minimum atomic E-state index is -0.574. The van der Waals surface area contributed by atoms with Crippen molar-refractivity contribution >= 4 is 17.7 Å². The molecule has 0 spiro atoms. The number of hydrogen-bond donors (Lipinski definition) is 0. The molecule has 26 heavy (non-hydrogen) atoms. The van der Waals surface area contributed by atoms with Gasteiger partial charge in [-0.25, -0.2) is 4.79 Å². The third-order valence-electron chi connectivity index (χ3n) is 5.82. The largest absolute Gasteiger partial charge is 0.464 e. The Labute approximate surface area is 155 Å². The highest BCUT2D eigenvalue weighted by Gasteiger charge is 2.33. The van der Waals surface area contributed by atoms with Crippen LogP contribution in [-0.4, -0.2) is 47.3 Å². The molecule has 1 heterocycles. The van der Waals surface area contributed by atoms with Gasteiger partial charge in [-0.2, -0.15) is 0 Å². The van der Waals surface area contributed by atoms with Gasteiger partial charge in [-0.05, 0) is 39.2 Å². The fourth-order valence-electron chi connectivity index (χ4n) is 3.94. The van der Waals surface area contributed by atoms with E-state index in [1.807, 2.05) is 6.92 Å². The molecule has 0 radical (unpaired) electrons. The van der Waals surface area contributed by atoms with E-state index in [0.29, 0.717) is 22.5 Å². The Bertz CT molecular complexity index is 714. The molecule has 0 saturated heterocycles. The SMILES string of the molecule is COC(=O)c1c(C)c(C(=O)[C@H](C)N(C)C(=O)C2CCCCC2)c(C)n1C. The van der Waals surface area contributed by atoms with Crippen molar-refractivity contribution in [2.45, 2.75) is 58.9 Å². The molecular formula is C20H30N2O4. The van der Waals surface area contributed by atoms with Gasteiger partial charge in [0.15, 0.2) is 5.78 Å². The lowest BCUT2D eigenvalue weighted by atomic mass is 9.87. The van der Waals surface area contributed by atoms with E-state index in [-0.39, 0.29) is 17.6 Å². The van der Waals surface area contributed by atoms with Crippen molar-refractivity contribution < 1.29 is 19.1 Å². The van der Waals surface area contributed by atoms with Crippen molar-refractivity contribution in [2.75, 3.05) is 14.2 Å².